The molecule has 6 heteroatoms. The average molecular weight is 461 g/mol. The molecule has 2 N–H and O–H groups in total. The molecule has 0 aromatic heterocycles. The monoisotopic (exact) mass is 460 g/mol. The zero-order valence-corrected chi connectivity index (χ0v) is 21.9. The molecule has 184 valence electrons. The molecule has 1 saturated carbocycles. The van der Waals surface area contributed by atoms with Gasteiger partial charge in [0.2, 0.25) is 0 Å². The second kappa shape index (κ2) is 13.6. The highest BCUT2D eigenvalue weighted by Gasteiger charge is 2.27. The SMILES string of the molecule is C/C(=C(/COCCCSC1CCC1)COC(C)(C)CCO)C(C)(C)OCCC(C)(C)O. The Morgan fingerprint density at radius 2 is 1.65 bits per heavy atom. The van der Waals surface area contributed by atoms with Crippen molar-refractivity contribution in [3.05, 3.63) is 11.1 Å². The molecule has 1 rings (SSSR count). The van der Waals surface area contributed by atoms with Crippen LogP contribution in [0.1, 0.15) is 87.0 Å². The highest BCUT2D eigenvalue weighted by Crippen LogP contribution is 2.31. The molecule has 0 saturated heterocycles. The summed E-state index contributed by atoms with van der Waals surface area (Å²) in [5, 5.41) is 20.1. The molecule has 31 heavy (non-hydrogen) atoms. The van der Waals surface area contributed by atoms with Gasteiger partial charge >= 0.3 is 0 Å². The molecule has 1 fully saturated rings. The maximum Gasteiger partial charge on any atom is 0.0837 e. The molecule has 0 heterocycles. The van der Waals surface area contributed by atoms with Crippen molar-refractivity contribution in [2.45, 2.75) is 109 Å². The van der Waals surface area contributed by atoms with Crippen molar-refractivity contribution in [2.75, 3.05) is 38.8 Å². The number of aliphatic hydroxyl groups is 2. The fourth-order valence-corrected chi connectivity index (χ4v) is 4.40. The Labute approximate surface area is 195 Å². The molecule has 1 aliphatic rings. The van der Waals surface area contributed by atoms with E-state index in [9.17, 15) is 10.2 Å². The van der Waals surface area contributed by atoms with Crippen molar-refractivity contribution in [1.82, 2.24) is 0 Å². The van der Waals surface area contributed by atoms with Gasteiger partial charge in [-0.05, 0) is 97.5 Å². The molecule has 0 atom stereocenters. The zero-order valence-electron chi connectivity index (χ0n) is 21.1. The van der Waals surface area contributed by atoms with Crippen LogP contribution in [0.25, 0.3) is 0 Å². The van der Waals surface area contributed by atoms with Gasteiger partial charge in [0, 0.05) is 18.5 Å². The average Bonchev–Trinajstić information content (AvgIpc) is 2.59. The lowest BCUT2D eigenvalue weighted by molar-refractivity contribution is -0.0360. The van der Waals surface area contributed by atoms with Crippen molar-refractivity contribution >= 4 is 11.8 Å². The van der Waals surface area contributed by atoms with E-state index in [-0.39, 0.29) is 6.61 Å². The minimum Gasteiger partial charge on any atom is -0.396 e. The molecule has 0 aromatic carbocycles. The molecule has 0 spiro atoms. The van der Waals surface area contributed by atoms with Crippen LogP contribution >= 0.6 is 11.8 Å². The predicted octanol–water partition coefficient (Wildman–Crippen LogP) is 5.13. The van der Waals surface area contributed by atoms with Crippen LogP contribution in [0.5, 0.6) is 0 Å². The normalized spacial score (nSPS) is 16.9. The molecule has 1 aliphatic carbocycles. The Balaban J connectivity index is 2.65. The Bertz CT molecular complexity index is 533. The van der Waals surface area contributed by atoms with Gasteiger partial charge in [-0.1, -0.05) is 6.42 Å². The van der Waals surface area contributed by atoms with E-state index in [0.29, 0.717) is 32.7 Å². The Hall–Kier alpha value is -0.110. The predicted molar refractivity (Wildman–Crippen MR) is 131 cm³/mol. The molecule has 0 radical (unpaired) electrons. The highest BCUT2D eigenvalue weighted by molar-refractivity contribution is 7.99. The van der Waals surface area contributed by atoms with Crippen molar-refractivity contribution in [3.63, 3.8) is 0 Å². The number of thioether (sulfide) groups is 1. The van der Waals surface area contributed by atoms with Crippen LogP contribution in [0, 0.1) is 0 Å². The summed E-state index contributed by atoms with van der Waals surface area (Å²) in [4.78, 5) is 0. The Kier molecular flexibility index (Phi) is 12.7. The first-order chi connectivity index (χ1) is 14.4. The standard InChI is InChI=1S/C25H48O5S/c1-20(25(6,7)29-16-13-23(2,3)27)21(19-30-24(4,5)12-14-26)18-28-15-9-17-31-22-10-8-11-22/h22,26-27H,8-19H2,1-7H3/b21-20+. The van der Waals surface area contributed by atoms with Crippen molar-refractivity contribution in [3.8, 4) is 0 Å². The fraction of sp³-hybridized carbons (Fsp3) is 0.920. The summed E-state index contributed by atoms with van der Waals surface area (Å²) < 4.78 is 18.3. The summed E-state index contributed by atoms with van der Waals surface area (Å²) in [6.45, 7) is 16.1. The van der Waals surface area contributed by atoms with Gasteiger partial charge in [0.05, 0.1) is 36.6 Å². The topological polar surface area (TPSA) is 68.2 Å². The number of aliphatic hydroxyl groups excluding tert-OH is 1. The van der Waals surface area contributed by atoms with Crippen LogP contribution in [-0.2, 0) is 14.2 Å². The Morgan fingerprint density at radius 1 is 0.968 bits per heavy atom. The van der Waals surface area contributed by atoms with Gasteiger partial charge < -0.3 is 24.4 Å². The van der Waals surface area contributed by atoms with Gasteiger partial charge in [0.1, 0.15) is 0 Å². The van der Waals surface area contributed by atoms with Gasteiger partial charge in [0.15, 0.2) is 0 Å². The van der Waals surface area contributed by atoms with Crippen LogP contribution < -0.4 is 0 Å². The van der Waals surface area contributed by atoms with E-state index in [1.54, 1.807) is 13.8 Å². The quantitative estimate of drug-likeness (QED) is 0.232. The lowest BCUT2D eigenvalue weighted by Gasteiger charge is -2.32. The lowest BCUT2D eigenvalue weighted by Crippen LogP contribution is -2.33. The first kappa shape index (κ1) is 28.9. The summed E-state index contributed by atoms with van der Waals surface area (Å²) in [5.74, 6) is 1.16. The third-order valence-corrected chi connectivity index (χ3v) is 7.54. The van der Waals surface area contributed by atoms with Crippen molar-refractivity contribution in [1.29, 1.82) is 0 Å². The molecule has 0 amide bonds. The molecule has 5 nitrogen and oxygen atoms in total. The Morgan fingerprint density at radius 3 is 2.19 bits per heavy atom. The zero-order chi connectivity index (χ0) is 23.5. The van der Waals surface area contributed by atoms with Gasteiger partial charge in [0.25, 0.3) is 0 Å². The van der Waals surface area contributed by atoms with E-state index >= 15 is 0 Å². The van der Waals surface area contributed by atoms with Crippen LogP contribution in [0.2, 0.25) is 0 Å². The molecule has 0 bridgehead atoms. The summed E-state index contributed by atoms with van der Waals surface area (Å²) in [6, 6.07) is 0. The van der Waals surface area contributed by atoms with Crippen LogP contribution in [0.4, 0.5) is 0 Å². The second-order valence-electron chi connectivity index (χ2n) is 10.5. The fourth-order valence-electron chi connectivity index (χ4n) is 3.12. The molecular weight excluding hydrogens is 412 g/mol. The van der Waals surface area contributed by atoms with E-state index in [1.807, 2.05) is 13.8 Å². The first-order valence-corrected chi connectivity index (χ1v) is 12.9. The largest absolute Gasteiger partial charge is 0.396 e. The van der Waals surface area contributed by atoms with Gasteiger partial charge in [-0.25, -0.2) is 0 Å². The van der Waals surface area contributed by atoms with Crippen molar-refractivity contribution < 1.29 is 24.4 Å². The van der Waals surface area contributed by atoms with Crippen LogP contribution in [0.15, 0.2) is 11.1 Å². The molecular formula is C25H48O5S. The summed E-state index contributed by atoms with van der Waals surface area (Å²) in [6.07, 6.45) is 6.37. The minimum absolute atomic E-state index is 0.103. The van der Waals surface area contributed by atoms with Crippen LogP contribution in [0.3, 0.4) is 0 Å². The maximum absolute atomic E-state index is 9.97. The summed E-state index contributed by atoms with van der Waals surface area (Å²) in [7, 11) is 0. The number of ether oxygens (including phenoxy) is 3. The third kappa shape index (κ3) is 12.6. The molecule has 0 aromatic rings. The van der Waals surface area contributed by atoms with E-state index in [1.165, 1.54) is 19.3 Å². The highest BCUT2D eigenvalue weighted by atomic mass is 32.2. The lowest BCUT2D eigenvalue weighted by atomic mass is 9.94. The van der Waals surface area contributed by atoms with E-state index in [4.69, 9.17) is 14.2 Å². The number of hydrogen-bond acceptors (Lipinski definition) is 6. The maximum atomic E-state index is 9.97. The molecule has 0 unspecified atom stereocenters. The first-order valence-electron chi connectivity index (χ1n) is 11.9. The third-order valence-electron chi connectivity index (χ3n) is 6.08. The smallest absolute Gasteiger partial charge is 0.0837 e. The summed E-state index contributed by atoms with van der Waals surface area (Å²) in [5.41, 5.74) is 0.576. The number of hydrogen-bond donors (Lipinski definition) is 2. The van der Waals surface area contributed by atoms with Gasteiger partial charge in [-0.2, -0.15) is 11.8 Å². The second-order valence-corrected chi connectivity index (χ2v) is 11.9. The van der Waals surface area contributed by atoms with E-state index < -0.39 is 16.8 Å². The summed E-state index contributed by atoms with van der Waals surface area (Å²) >= 11 is 2.08. The minimum atomic E-state index is -0.742. The number of rotatable bonds is 17. The van der Waals surface area contributed by atoms with Crippen molar-refractivity contribution in [2.24, 2.45) is 0 Å². The van der Waals surface area contributed by atoms with E-state index in [0.717, 1.165) is 35.2 Å². The molecule has 0 aliphatic heterocycles. The van der Waals surface area contributed by atoms with Crippen LogP contribution in [-0.4, -0.2) is 71.1 Å². The van der Waals surface area contributed by atoms with Gasteiger partial charge in [-0.3, -0.25) is 0 Å². The van der Waals surface area contributed by atoms with Gasteiger partial charge in [-0.15, -0.1) is 0 Å². The van der Waals surface area contributed by atoms with E-state index in [2.05, 4.69) is 32.5 Å².